The van der Waals surface area contributed by atoms with E-state index in [-0.39, 0.29) is 18.6 Å². The Morgan fingerprint density at radius 2 is 2.17 bits per heavy atom. The summed E-state index contributed by atoms with van der Waals surface area (Å²) in [5.41, 5.74) is 4.80. The third-order valence-corrected chi connectivity index (χ3v) is 4.61. The Morgan fingerprint density at radius 1 is 1.38 bits per heavy atom. The minimum Gasteiger partial charge on any atom is -0.481 e. The number of rotatable bonds is 7. The topological polar surface area (TPSA) is 75.6 Å². The van der Waals surface area contributed by atoms with Crippen molar-refractivity contribution in [3.8, 4) is 0 Å². The molecule has 0 aromatic heterocycles. The highest BCUT2D eigenvalue weighted by Crippen LogP contribution is 2.28. The lowest BCUT2D eigenvalue weighted by molar-refractivity contribution is -0.136. The number of hydrogen-bond donors (Lipinski definition) is 2. The molecule has 2 rings (SSSR count). The van der Waals surface area contributed by atoms with Gasteiger partial charge in [-0.3, -0.25) is 4.79 Å². The van der Waals surface area contributed by atoms with Gasteiger partial charge >= 0.3 is 12.1 Å². The zero-order chi connectivity index (χ0) is 17.5. The van der Waals surface area contributed by atoms with Crippen molar-refractivity contribution < 1.29 is 19.4 Å². The average molecular weight is 333 g/mol. The van der Waals surface area contributed by atoms with E-state index in [1.165, 1.54) is 16.7 Å². The highest BCUT2D eigenvalue weighted by molar-refractivity contribution is 5.68. The van der Waals surface area contributed by atoms with E-state index in [0.29, 0.717) is 13.0 Å². The van der Waals surface area contributed by atoms with E-state index >= 15 is 0 Å². The molecule has 0 radical (unpaired) electrons. The molecule has 132 valence electrons. The van der Waals surface area contributed by atoms with Gasteiger partial charge in [-0.05, 0) is 61.3 Å². The molecule has 0 heterocycles. The molecule has 1 aliphatic rings. The van der Waals surface area contributed by atoms with Gasteiger partial charge in [0, 0.05) is 12.5 Å². The van der Waals surface area contributed by atoms with Crippen molar-refractivity contribution in [1.82, 2.24) is 5.32 Å². The first-order valence-electron chi connectivity index (χ1n) is 8.76. The predicted molar refractivity (Wildman–Crippen MR) is 92.3 cm³/mol. The number of benzene rings is 1. The Morgan fingerprint density at radius 3 is 2.88 bits per heavy atom. The molecule has 24 heavy (non-hydrogen) atoms. The fourth-order valence-corrected chi connectivity index (χ4v) is 3.27. The molecule has 5 nitrogen and oxygen atoms in total. The van der Waals surface area contributed by atoms with E-state index < -0.39 is 5.97 Å². The summed E-state index contributed by atoms with van der Waals surface area (Å²) in [5.74, 6) is -0.766. The molecule has 5 heteroatoms. The summed E-state index contributed by atoms with van der Waals surface area (Å²) >= 11 is 0. The van der Waals surface area contributed by atoms with Crippen LogP contribution in [-0.2, 0) is 28.8 Å². The minimum absolute atomic E-state index is 0.0849. The highest BCUT2D eigenvalue weighted by Gasteiger charge is 2.23. The van der Waals surface area contributed by atoms with Gasteiger partial charge in [-0.15, -0.1) is 0 Å². The summed E-state index contributed by atoms with van der Waals surface area (Å²) in [6.07, 6.45) is 4.78. The Bertz CT molecular complexity index is 597. The number of amides is 1. The summed E-state index contributed by atoms with van der Waals surface area (Å²) < 4.78 is 5.17. The summed E-state index contributed by atoms with van der Waals surface area (Å²) in [6.45, 7) is 4.56. The second-order valence-corrected chi connectivity index (χ2v) is 6.47. The first-order valence-corrected chi connectivity index (χ1v) is 8.76. The molecule has 1 amide bonds. The quantitative estimate of drug-likeness (QED) is 0.750. The Labute approximate surface area is 143 Å². The summed E-state index contributed by atoms with van der Waals surface area (Å²) in [5, 5.41) is 11.9. The SMILES string of the molecule is CCCCOC(=O)NC1CCc2c(ccc(C)c2CCC(=O)O)C1. The van der Waals surface area contributed by atoms with Crippen molar-refractivity contribution in [1.29, 1.82) is 0 Å². The number of carboxylic acids is 1. The van der Waals surface area contributed by atoms with Crippen LogP contribution in [-0.4, -0.2) is 29.8 Å². The number of fused-ring (bicyclic) bond motifs is 1. The normalized spacial score (nSPS) is 16.3. The number of unbranched alkanes of at least 4 members (excludes halogenated alkanes) is 1. The van der Waals surface area contributed by atoms with Gasteiger partial charge in [-0.1, -0.05) is 25.5 Å². The average Bonchev–Trinajstić information content (AvgIpc) is 2.54. The van der Waals surface area contributed by atoms with Crippen LogP contribution in [0.25, 0.3) is 0 Å². The third-order valence-electron chi connectivity index (χ3n) is 4.61. The number of aliphatic carboxylic acids is 1. The number of ether oxygens (including phenoxy) is 1. The highest BCUT2D eigenvalue weighted by atomic mass is 16.5. The molecular formula is C19H27NO4. The number of carboxylic acid groups (broad SMARTS) is 1. The van der Waals surface area contributed by atoms with Gasteiger partial charge in [0.15, 0.2) is 0 Å². The third kappa shape index (κ3) is 4.98. The van der Waals surface area contributed by atoms with Gasteiger partial charge in [0.2, 0.25) is 0 Å². The zero-order valence-corrected chi connectivity index (χ0v) is 14.6. The van der Waals surface area contributed by atoms with Gasteiger partial charge in [0.1, 0.15) is 0 Å². The van der Waals surface area contributed by atoms with Crippen LogP contribution in [0.4, 0.5) is 4.79 Å². The van der Waals surface area contributed by atoms with E-state index in [1.807, 2.05) is 6.92 Å². The van der Waals surface area contributed by atoms with Gasteiger partial charge in [-0.25, -0.2) is 4.79 Å². The first-order chi connectivity index (χ1) is 11.5. The molecule has 1 aliphatic carbocycles. The van der Waals surface area contributed by atoms with Crippen LogP contribution in [0.1, 0.15) is 54.9 Å². The Balaban J connectivity index is 1.99. The van der Waals surface area contributed by atoms with Crippen molar-refractivity contribution in [3.63, 3.8) is 0 Å². The van der Waals surface area contributed by atoms with Crippen LogP contribution in [0.2, 0.25) is 0 Å². The zero-order valence-electron chi connectivity index (χ0n) is 14.6. The van der Waals surface area contributed by atoms with Crippen LogP contribution in [0.15, 0.2) is 12.1 Å². The van der Waals surface area contributed by atoms with E-state index in [4.69, 9.17) is 9.84 Å². The summed E-state index contributed by atoms with van der Waals surface area (Å²) in [7, 11) is 0. The maximum atomic E-state index is 11.8. The second kappa shape index (κ2) is 8.71. The van der Waals surface area contributed by atoms with Gasteiger partial charge < -0.3 is 15.2 Å². The fraction of sp³-hybridized carbons (Fsp3) is 0.579. The van der Waals surface area contributed by atoms with Crippen LogP contribution in [0.3, 0.4) is 0 Å². The largest absolute Gasteiger partial charge is 0.481 e. The molecular weight excluding hydrogens is 306 g/mol. The standard InChI is InChI=1S/C19H27NO4/c1-3-4-11-24-19(23)20-15-7-8-17-14(12-15)6-5-13(2)16(17)9-10-18(21)22/h5-6,15H,3-4,7-12H2,1-2H3,(H,20,23)(H,21,22). The number of aryl methyl sites for hydroxylation is 1. The lowest BCUT2D eigenvalue weighted by atomic mass is 9.82. The summed E-state index contributed by atoms with van der Waals surface area (Å²) in [4.78, 5) is 22.7. The van der Waals surface area contributed by atoms with Gasteiger partial charge in [0.05, 0.1) is 6.61 Å². The van der Waals surface area contributed by atoms with Crippen molar-refractivity contribution >= 4 is 12.1 Å². The van der Waals surface area contributed by atoms with E-state index in [9.17, 15) is 9.59 Å². The molecule has 0 saturated heterocycles. The van der Waals surface area contributed by atoms with E-state index in [0.717, 1.165) is 37.7 Å². The molecule has 0 fully saturated rings. The molecule has 1 aromatic rings. The molecule has 0 bridgehead atoms. The Kier molecular flexibility index (Phi) is 6.64. The number of carbonyl (C=O) groups is 2. The van der Waals surface area contributed by atoms with E-state index in [2.05, 4.69) is 24.4 Å². The van der Waals surface area contributed by atoms with Gasteiger partial charge in [-0.2, -0.15) is 0 Å². The van der Waals surface area contributed by atoms with Crippen LogP contribution >= 0.6 is 0 Å². The van der Waals surface area contributed by atoms with Crippen LogP contribution in [0, 0.1) is 6.92 Å². The first kappa shape index (κ1) is 18.3. The molecule has 0 aliphatic heterocycles. The minimum atomic E-state index is -0.766. The maximum absolute atomic E-state index is 11.8. The maximum Gasteiger partial charge on any atom is 0.407 e. The van der Waals surface area contributed by atoms with Crippen molar-refractivity contribution in [2.75, 3.05) is 6.61 Å². The molecule has 0 spiro atoms. The number of nitrogens with one attached hydrogen (secondary N) is 1. The van der Waals surface area contributed by atoms with Crippen molar-refractivity contribution in [3.05, 3.63) is 34.4 Å². The van der Waals surface area contributed by atoms with E-state index in [1.54, 1.807) is 0 Å². The second-order valence-electron chi connectivity index (χ2n) is 6.47. The smallest absolute Gasteiger partial charge is 0.407 e. The lowest BCUT2D eigenvalue weighted by Gasteiger charge is -2.28. The number of carbonyl (C=O) groups excluding carboxylic acids is 1. The monoisotopic (exact) mass is 333 g/mol. The van der Waals surface area contributed by atoms with Crippen LogP contribution < -0.4 is 5.32 Å². The number of hydrogen-bond acceptors (Lipinski definition) is 3. The fourth-order valence-electron chi connectivity index (χ4n) is 3.27. The lowest BCUT2D eigenvalue weighted by Crippen LogP contribution is -2.39. The molecule has 0 saturated carbocycles. The predicted octanol–water partition coefficient (Wildman–Crippen LogP) is 3.40. The van der Waals surface area contributed by atoms with Gasteiger partial charge in [0.25, 0.3) is 0 Å². The molecule has 1 aromatic carbocycles. The molecule has 1 unspecified atom stereocenters. The van der Waals surface area contributed by atoms with Crippen LogP contribution in [0.5, 0.6) is 0 Å². The number of alkyl carbamates (subject to hydrolysis) is 1. The summed E-state index contributed by atoms with van der Waals surface area (Å²) in [6, 6.07) is 4.24. The molecule has 1 atom stereocenters. The Hall–Kier alpha value is -2.04. The molecule has 2 N–H and O–H groups in total. The van der Waals surface area contributed by atoms with Crippen molar-refractivity contribution in [2.45, 2.75) is 64.8 Å². The van der Waals surface area contributed by atoms with Crippen molar-refractivity contribution in [2.24, 2.45) is 0 Å².